The highest BCUT2D eigenvalue weighted by Crippen LogP contribution is 2.39. The van der Waals surface area contributed by atoms with E-state index in [2.05, 4.69) is 22.6 Å². The van der Waals surface area contributed by atoms with Gasteiger partial charge in [0.2, 0.25) is 0 Å². The fraction of sp³-hybridized carbons (Fsp3) is 0.0833. The average molecular weight is 628 g/mol. The third-order valence-corrected chi connectivity index (χ3v) is 7.51. The van der Waals surface area contributed by atoms with Gasteiger partial charge in [0.1, 0.15) is 6.61 Å². The van der Waals surface area contributed by atoms with E-state index in [4.69, 9.17) is 44.9 Å². The fourth-order valence-electron chi connectivity index (χ4n) is 3.10. The molecule has 168 valence electrons. The van der Waals surface area contributed by atoms with Crippen LogP contribution in [0.4, 0.5) is 5.69 Å². The number of ether oxygens (including phenoxy) is 2. The molecule has 4 nitrogen and oxygen atoms in total. The number of benzene rings is 3. The van der Waals surface area contributed by atoms with Crippen molar-refractivity contribution < 1.29 is 14.3 Å². The van der Waals surface area contributed by atoms with Gasteiger partial charge in [0, 0.05) is 3.57 Å². The largest absolute Gasteiger partial charge is 0.493 e. The fourth-order valence-corrected chi connectivity index (χ4v) is 5.05. The molecular formula is C24H16Cl2INO3S2. The van der Waals surface area contributed by atoms with E-state index in [0.717, 1.165) is 11.1 Å². The summed E-state index contributed by atoms with van der Waals surface area (Å²) in [6, 6.07) is 18.6. The van der Waals surface area contributed by atoms with Crippen molar-refractivity contribution in [1.29, 1.82) is 0 Å². The maximum absolute atomic E-state index is 13.0. The van der Waals surface area contributed by atoms with E-state index < -0.39 is 0 Å². The van der Waals surface area contributed by atoms with Crippen LogP contribution in [-0.4, -0.2) is 17.3 Å². The quantitative estimate of drug-likeness (QED) is 0.160. The number of hydrogen-bond donors (Lipinski definition) is 0. The summed E-state index contributed by atoms with van der Waals surface area (Å²) in [5, 5.41) is 0.774. The third-order valence-electron chi connectivity index (χ3n) is 4.75. The van der Waals surface area contributed by atoms with Crippen LogP contribution in [0.25, 0.3) is 6.08 Å². The Morgan fingerprint density at radius 2 is 1.79 bits per heavy atom. The van der Waals surface area contributed by atoms with E-state index in [9.17, 15) is 4.79 Å². The lowest BCUT2D eigenvalue weighted by atomic mass is 10.1. The van der Waals surface area contributed by atoms with E-state index in [1.807, 2.05) is 42.5 Å². The second-order valence-corrected chi connectivity index (χ2v) is 10.7. The topological polar surface area (TPSA) is 38.8 Å². The molecule has 0 unspecified atom stereocenters. The number of thioether (sulfide) groups is 1. The minimum atomic E-state index is -0.221. The average Bonchev–Trinajstić information content (AvgIpc) is 3.08. The molecule has 1 aliphatic rings. The molecule has 0 saturated carbocycles. The van der Waals surface area contributed by atoms with Crippen molar-refractivity contribution >= 4 is 91.8 Å². The smallest absolute Gasteiger partial charge is 0.270 e. The van der Waals surface area contributed by atoms with Gasteiger partial charge in [0.05, 0.1) is 27.7 Å². The van der Waals surface area contributed by atoms with Crippen molar-refractivity contribution in [1.82, 2.24) is 0 Å². The molecule has 0 atom stereocenters. The Hall–Kier alpha value is -1.78. The number of anilines is 1. The second kappa shape index (κ2) is 10.7. The maximum atomic E-state index is 13.0. The summed E-state index contributed by atoms with van der Waals surface area (Å²) < 4.78 is 13.0. The van der Waals surface area contributed by atoms with Crippen molar-refractivity contribution in [3.8, 4) is 11.5 Å². The molecule has 0 aliphatic carbocycles. The Bertz CT molecular complexity index is 1270. The number of hydrogen-bond acceptors (Lipinski definition) is 5. The number of carbonyl (C=O) groups excluding carboxylic acids is 1. The summed E-state index contributed by atoms with van der Waals surface area (Å²) in [5.41, 5.74) is 2.43. The zero-order valence-corrected chi connectivity index (χ0v) is 22.5. The van der Waals surface area contributed by atoms with Crippen molar-refractivity contribution in [2.45, 2.75) is 6.61 Å². The van der Waals surface area contributed by atoms with Gasteiger partial charge in [-0.2, -0.15) is 0 Å². The minimum Gasteiger partial charge on any atom is -0.493 e. The molecule has 9 heteroatoms. The SMILES string of the molecule is COc1cc(/C=C2/SC(=S)N(c3ccc(Cl)c(Cl)c3)C2=O)ccc1OCc1ccc(I)cc1. The summed E-state index contributed by atoms with van der Waals surface area (Å²) in [5.74, 6) is 0.979. The van der Waals surface area contributed by atoms with Gasteiger partial charge in [0.25, 0.3) is 5.91 Å². The van der Waals surface area contributed by atoms with Crippen LogP contribution >= 0.6 is 69.8 Å². The molecule has 0 bridgehead atoms. The molecule has 3 aromatic carbocycles. The molecule has 0 aromatic heterocycles. The zero-order valence-electron chi connectivity index (χ0n) is 17.2. The predicted octanol–water partition coefficient (Wildman–Crippen LogP) is 7.59. The van der Waals surface area contributed by atoms with Crippen LogP contribution < -0.4 is 14.4 Å². The van der Waals surface area contributed by atoms with Gasteiger partial charge >= 0.3 is 0 Å². The highest BCUT2D eigenvalue weighted by Gasteiger charge is 2.33. The van der Waals surface area contributed by atoms with E-state index >= 15 is 0 Å². The first kappa shape index (κ1) is 24.3. The van der Waals surface area contributed by atoms with Gasteiger partial charge in [-0.25, -0.2) is 0 Å². The van der Waals surface area contributed by atoms with Gasteiger partial charge in [-0.15, -0.1) is 0 Å². The maximum Gasteiger partial charge on any atom is 0.270 e. The van der Waals surface area contributed by atoms with Crippen LogP contribution in [0, 0.1) is 3.57 Å². The molecule has 0 spiro atoms. The number of halogens is 3. The Morgan fingerprint density at radius 1 is 1.03 bits per heavy atom. The van der Waals surface area contributed by atoms with Crippen molar-refractivity contribution in [2.75, 3.05) is 12.0 Å². The Balaban J connectivity index is 1.53. The summed E-state index contributed by atoms with van der Waals surface area (Å²) >= 11 is 21.0. The first-order valence-electron chi connectivity index (χ1n) is 9.64. The molecule has 3 aromatic rings. The Morgan fingerprint density at radius 3 is 2.48 bits per heavy atom. The molecule has 1 fully saturated rings. The monoisotopic (exact) mass is 627 g/mol. The van der Waals surface area contributed by atoms with Gasteiger partial charge in [0.15, 0.2) is 15.8 Å². The van der Waals surface area contributed by atoms with Crippen LogP contribution in [0.2, 0.25) is 10.0 Å². The molecule has 1 amide bonds. The standard InChI is InChI=1S/C24H16Cl2INO3S2/c1-30-21-10-15(4-9-20(21)31-13-14-2-5-16(27)6-3-14)11-22-23(29)28(24(32)33-22)17-7-8-18(25)19(26)12-17/h2-12H,13H2,1H3/b22-11+. The number of carbonyl (C=O) groups is 1. The lowest BCUT2D eigenvalue weighted by Gasteiger charge is -2.15. The van der Waals surface area contributed by atoms with Crippen molar-refractivity contribution in [2.24, 2.45) is 0 Å². The molecule has 0 radical (unpaired) electrons. The zero-order chi connectivity index (χ0) is 23.5. The van der Waals surface area contributed by atoms with Crippen LogP contribution in [0.3, 0.4) is 0 Å². The van der Waals surface area contributed by atoms with Crippen LogP contribution in [0.15, 0.2) is 65.6 Å². The molecule has 4 rings (SSSR count). The lowest BCUT2D eigenvalue weighted by molar-refractivity contribution is -0.113. The Kier molecular flexibility index (Phi) is 7.86. The molecule has 1 aliphatic heterocycles. The van der Waals surface area contributed by atoms with Gasteiger partial charge < -0.3 is 9.47 Å². The molecule has 1 saturated heterocycles. The molecular weight excluding hydrogens is 612 g/mol. The summed E-state index contributed by atoms with van der Waals surface area (Å²) in [4.78, 5) is 15.0. The molecule has 1 heterocycles. The second-order valence-electron chi connectivity index (χ2n) is 6.94. The number of nitrogens with zero attached hydrogens (tertiary/aromatic N) is 1. The van der Waals surface area contributed by atoms with E-state index in [-0.39, 0.29) is 5.91 Å². The summed E-state index contributed by atoms with van der Waals surface area (Å²) in [6.45, 7) is 0.426. The van der Waals surface area contributed by atoms with Crippen LogP contribution in [-0.2, 0) is 11.4 Å². The minimum absolute atomic E-state index is 0.221. The first-order valence-corrected chi connectivity index (χ1v) is 12.7. The highest BCUT2D eigenvalue weighted by atomic mass is 127. The van der Waals surface area contributed by atoms with Crippen molar-refractivity contribution in [3.63, 3.8) is 0 Å². The normalized spacial score (nSPS) is 14.8. The Labute approximate surface area is 225 Å². The van der Waals surface area contributed by atoms with Crippen LogP contribution in [0.5, 0.6) is 11.5 Å². The van der Waals surface area contributed by atoms with Gasteiger partial charge in [-0.1, -0.05) is 65.4 Å². The van der Waals surface area contributed by atoms with E-state index in [1.54, 1.807) is 31.4 Å². The number of methoxy groups -OCH3 is 1. The van der Waals surface area contributed by atoms with Crippen molar-refractivity contribution in [3.05, 3.63) is 90.3 Å². The van der Waals surface area contributed by atoms with Gasteiger partial charge in [-0.3, -0.25) is 9.69 Å². The first-order chi connectivity index (χ1) is 15.9. The van der Waals surface area contributed by atoms with E-state index in [1.165, 1.54) is 20.2 Å². The summed E-state index contributed by atoms with van der Waals surface area (Å²) in [6.07, 6.45) is 1.78. The highest BCUT2D eigenvalue weighted by molar-refractivity contribution is 14.1. The number of rotatable bonds is 6. The lowest BCUT2D eigenvalue weighted by Crippen LogP contribution is -2.27. The third kappa shape index (κ3) is 5.66. The van der Waals surface area contributed by atoms with Gasteiger partial charge in [-0.05, 0) is 82.3 Å². The number of amides is 1. The molecule has 33 heavy (non-hydrogen) atoms. The van der Waals surface area contributed by atoms with E-state index in [0.29, 0.717) is 43.1 Å². The van der Waals surface area contributed by atoms with Crippen LogP contribution in [0.1, 0.15) is 11.1 Å². The summed E-state index contributed by atoms with van der Waals surface area (Å²) in [7, 11) is 1.58. The number of thiocarbonyl (C=S) groups is 1. The predicted molar refractivity (Wildman–Crippen MR) is 149 cm³/mol. The molecule has 0 N–H and O–H groups in total.